The van der Waals surface area contributed by atoms with Gasteiger partial charge in [0.15, 0.2) is 0 Å². The lowest BCUT2D eigenvalue weighted by molar-refractivity contribution is -0.384. The number of nitrogens with zero attached hydrogens (tertiary/aromatic N) is 3. The fraction of sp³-hybridized carbons (Fsp3) is 0.500. The topological polar surface area (TPSA) is 122 Å². The van der Waals surface area contributed by atoms with Gasteiger partial charge in [0.05, 0.1) is 16.9 Å². The Bertz CT molecular complexity index is 713. The Morgan fingerprint density at radius 2 is 1.84 bits per heavy atom. The Morgan fingerprint density at radius 3 is 2.36 bits per heavy atom. The molecule has 2 rings (SSSR count). The van der Waals surface area contributed by atoms with Gasteiger partial charge in [-0.05, 0) is 12.1 Å². The molecule has 1 aliphatic heterocycles. The molecule has 0 aliphatic carbocycles. The number of carbonyl (C=O) groups excluding carboxylic acids is 1. The Kier molecular flexibility index (Phi) is 6.28. The van der Waals surface area contributed by atoms with Gasteiger partial charge in [-0.25, -0.2) is 17.9 Å². The predicted molar refractivity (Wildman–Crippen MR) is 88.7 cm³/mol. The van der Waals surface area contributed by atoms with Crippen LogP contribution >= 0.6 is 0 Å². The Hall–Kier alpha value is -2.24. The van der Waals surface area contributed by atoms with E-state index in [1.807, 2.05) is 4.90 Å². The number of hydrogen-bond acceptors (Lipinski definition) is 7. The largest absolute Gasteiger partial charge is 0.453 e. The van der Waals surface area contributed by atoms with Crippen LogP contribution in [0.3, 0.4) is 0 Å². The first-order valence-corrected chi connectivity index (χ1v) is 9.11. The summed E-state index contributed by atoms with van der Waals surface area (Å²) < 4.78 is 31.5. The molecule has 0 spiro atoms. The minimum atomic E-state index is -3.72. The van der Waals surface area contributed by atoms with Crippen molar-refractivity contribution in [1.29, 1.82) is 0 Å². The van der Waals surface area contributed by atoms with Crippen molar-refractivity contribution in [2.45, 2.75) is 4.90 Å². The summed E-state index contributed by atoms with van der Waals surface area (Å²) in [6.07, 6.45) is -0.362. The van der Waals surface area contributed by atoms with Crippen LogP contribution in [0.25, 0.3) is 0 Å². The van der Waals surface area contributed by atoms with E-state index >= 15 is 0 Å². The van der Waals surface area contributed by atoms with Crippen LogP contribution in [0.5, 0.6) is 0 Å². The number of nitrogens with one attached hydrogen (secondary N) is 1. The summed E-state index contributed by atoms with van der Waals surface area (Å²) in [4.78, 5) is 25.0. The van der Waals surface area contributed by atoms with E-state index in [1.165, 1.54) is 19.2 Å². The quantitative estimate of drug-likeness (QED) is 0.561. The number of amides is 1. The molecule has 0 radical (unpaired) electrons. The van der Waals surface area contributed by atoms with Gasteiger partial charge in [0, 0.05) is 51.4 Å². The highest BCUT2D eigenvalue weighted by Gasteiger charge is 2.22. The van der Waals surface area contributed by atoms with Crippen molar-refractivity contribution in [1.82, 2.24) is 14.5 Å². The van der Waals surface area contributed by atoms with E-state index in [4.69, 9.17) is 0 Å². The van der Waals surface area contributed by atoms with Crippen LogP contribution in [0.2, 0.25) is 0 Å². The number of nitro groups is 1. The second-order valence-electron chi connectivity index (χ2n) is 5.45. The van der Waals surface area contributed by atoms with Gasteiger partial charge in [-0.15, -0.1) is 0 Å². The molecule has 25 heavy (non-hydrogen) atoms. The molecule has 11 heteroatoms. The lowest BCUT2D eigenvalue weighted by Gasteiger charge is -2.33. The number of benzene rings is 1. The van der Waals surface area contributed by atoms with Crippen LogP contribution in [0.4, 0.5) is 10.5 Å². The molecule has 1 aliphatic rings. The number of non-ortho nitro benzene ring substituents is 1. The third kappa shape index (κ3) is 5.11. The number of rotatable bonds is 6. The smallest absolute Gasteiger partial charge is 0.409 e. The molecule has 10 nitrogen and oxygen atoms in total. The fourth-order valence-electron chi connectivity index (χ4n) is 2.45. The summed E-state index contributed by atoms with van der Waals surface area (Å²) in [7, 11) is -2.38. The van der Waals surface area contributed by atoms with Gasteiger partial charge >= 0.3 is 6.09 Å². The summed E-state index contributed by atoms with van der Waals surface area (Å²) in [5.74, 6) is 0. The molecular weight excluding hydrogens is 352 g/mol. The lowest BCUT2D eigenvalue weighted by Crippen LogP contribution is -2.50. The third-order valence-corrected chi connectivity index (χ3v) is 5.36. The van der Waals surface area contributed by atoms with E-state index in [0.717, 1.165) is 12.1 Å². The highest BCUT2D eigenvalue weighted by Crippen LogP contribution is 2.15. The molecule has 1 aromatic rings. The summed E-state index contributed by atoms with van der Waals surface area (Å²) in [6.45, 7) is 3.03. The summed E-state index contributed by atoms with van der Waals surface area (Å²) >= 11 is 0. The third-order valence-electron chi connectivity index (χ3n) is 3.88. The number of carbonyl (C=O) groups is 1. The maximum absolute atomic E-state index is 12.2. The van der Waals surface area contributed by atoms with Crippen LogP contribution < -0.4 is 4.72 Å². The maximum Gasteiger partial charge on any atom is 0.409 e. The number of piperazine rings is 1. The monoisotopic (exact) mass is 372 g/mol. The Labute approximate surface area is 145 Å². The fourth-order valence-corrected chi connectivity index (χ4v) is 3.47. The van der Waals surface area contributed by atoms with E-state index in [2.05, 4.69) is 9.46 Å². The zero-order chi connectivity index (χ0) is 18.4. The van der Waals surface area contributed by atoms with Gasteiger partial charge in [-0.1, -0.05) is 0 Å². The zero-order valence-corrected chi connectivity index (χ0v) is 14.6. The number of nitro benzene ring substituents is 1. The van der Waals surface area contributed by atoms with Crippen LogP contribution in [0.1, 0.15) is 0 Å². The summed E-state index contributed by atoms with van der Waals surface area (Å²) in [5.41, 5.74) is -0.164. The first-order chi connectivity index (χ1) is 11.8. The minimum Gasteiger partial charge on any atom is -0.453 e. The van der Waals surface area contributed by atoms with Gasteiger partial charge in [-0.3, -0.25) is 15.0 Å². The second kappa shape index (κ2) is 8.23. The number of hydrogen-bond donors (Lipinski definition) is 1. The maximum atomic E-state index is 12.2. The molecule has 1 fully saturated rings. The van der Waals surface area contributed by atoms with E-state index < -0.39 is 14.9 Å². The van der Waals surface area contributed by atoms with Gasteiger partial charge < -0.3 is 9.64 Å². The Balaban J connectivity index is 1.81. The number of methoxy groups -OCH3 is 1. The Morgan fingerprint density at radius 1 is 1.24 bits per heavy atom. The summed E-state index contributed by atoms with van der Waals surface area (Å²) in [5, 5.41) is 10.6. The molecule has 0 saturated carbocycles. The van der Waals surface area contributed by atoms with Crippen molar-refractivity contribution in [2.75, 3.05) is 46.4 Å². The predicted octanol–water partition coefficient (Wildman–Crippen LogP) is 0.257. The molecule has 1 aromatic carbocycles. The molecule has 1 saturated heterocycles. The molecule has 0 bridgehead atoms. The second-order valence-corrected chi connectivity index (χ2v) is 7.21. The highest BCUT2D eigenvalue weighted by molar-refractivity contribution is 7.89. The van der Waals surface area contributed by atoms with Crippen molar-refractivity contribution in [3.63, 3.8) is 0 Å². The first-order valence-electron chi connectivity index (χ1n) is 7.63. The van der Waals surface area contributed by atoms with Crippen molar-refractivity contribution < 1.29 is 22.9 Å². The van der Waals surface area contributed by atoms with Gasteiger partial charge in [0.1, 0.15) is 0 Å². The van der Waals surface area contributed by atoms with Crippen LogP contribution in [-0.2, 0) is 14.8 Å². The average Bonchev–Trinajstić information content (AvgIpc) is 2.61. The first kappa shape index (κ1) is 19.1. The van der Waals surface area contributed by atoms with E-state index in [-0.39, 0.29) is 23.2 Å². The van der Waals surface area contributed by atoms with Crippen LogP contribution in [-0.4, -0.2) is 75.6 Å². The lowest BCUT2D eigenvalue weighted by atomic mass is 10.3. The van der Waals surface area contributed by atoms with Gasteiger partial charge in [-0.2, -0.15) is 0 Å². The van der Waals surface area contributed by atoms with Crippen molar-refractivity contribution in [2.24, 2.45) is 0 Å². The molecular formula is C14H20N4O6S. The van der Waals surface area contributed by atoms with E-state index in [0.29, 0.717) is 32.7 Å². The van der Waals surface area contributed by atoms with Crippen molar-refractivity contribution >= 4 is 21.8 Å². The van der Waals surface area contributed by atoms with Crippen LogP contribution in [0, 0.1) is 10.1 Å². The summed E-state index contributed by atoms with van der Waals surface area (Å²) in [6, 6.07) is 4.71. The van der Waals surface area contributed by atoms with E-state index in [9.17, 15) is 23.3 Å². The normalized spacial score (nSPS) is 15.8. The molecule has 1 heterocycles. The number of sulfonamides is 1. The van der Waals surface area contributed by atoms with Crippen molar-refractivity contribution in [3.05, 3.63) is 34.4 Å². The molecule has 138 valence electrons. The van der Waals surface area contributed by atoms with Gasteiger partial charge in [0.25, 0.3) is 5.69 Å². The average molecular weight is 372 g/mol. The molecule has 1 amide bonds. The zero-order valence-electron chi connectivity index (χ0n) is 13.8. The minimum absolute atomic E-state index is 0.0198. The molecule has 1 N–H and O–H groups in total. The molecule has 0 atom stereocenters. The van der Waals surface area contributed by atoms with E-state index in [1.54, 1.807) is 4.90 Å². The standard InChI is InChI=1S/C14H20N4O6S/c1-24-14(19)17-10-8-16(9-11-17)7-6-15-25(22,23)13-4-2-12(3-5-13)18(20)21/h2-5,15H,6-11H2,1H3. The van der Waals surface area contributed by atoms with Crippen LogP contribution in [0.15, 0.2) is 29.2 Å². The SMILES string of the molecule is COC(=O)N1CCN(CCNS(=O)(=O)c2ccc([N+](=O)[O-])cc2)CC1. The highest BCUT2D eigenvalue weighted by atomic mass is 32.2. The molecule has 0 aromatic heterocycles. The molecule has 0 unspecified atom stereocenters. The van der Waals surface area contributed by atoms with Crippen molar-refractivity contribution in [3.8, 4) is 0 Å². The van der Waals surface area contributed by atoms with Gasteiger partial charge in [0.2, 0.25) is 10.0 Å². The number of ether oxygens (including phenoxy) is 1.